The third kappa shape index (κ3) is 4.67. The zero-order chi connectivity index (χ0) is 18.6. The Bertz CT molecular complexity index is 737. The van der Waals surface area contributed by atoms with E-state index in [2.05, 4.69) is 21.2 Å². The van der Waals surface area contributed by atoms with Crippen molar-refractivity contribution in [2.24, 2.45) is 0 Å². The van der Waals surface area contributed by atoms with Crippen molar-refractivity contribution in [1.82, 2.24) is 9.62 Å². The average molecular weight is 443 g/mol. The second kappa shape index (κ2) is 8.85. The second-order valence-electron chi connectivity index (χ2n) is 7.27. The van der Waals surface area contributed by atoms with Gasteiger partial charge in [0.2, 0.25) is 10.0 Å². The maximum absolute atomic E-state index is 12.8. The fourth-order valence-corrected chi connectivity index (χ4v) is 5.75. The van der Waals surface area contributed by atoms with E-state index < -0.39 is 10.0 Å². The van der Waals surface area contributed by atoms with Gasteiger partial charge in [-0.15, -0.1) is 0 Å². The third-order valence-corrected chi connectivity index (χ3v) is 7.91. The number of sulfonamides is 1. The SMILES string of the molecule is O=C(NC1CCCCCCC1)c1cc(S(=O)(=O)N2CCCC2)ccc1Br. The summed E-state index contributed by atoms with van der Waals surface area (Å²) in [7, 11) is -3.52. The average Bonchev–Trinajstić information content (AvgIpc) is 3.12. The molecule has 1 saturated carbocycles. The van der Waals surface area contributed by atoms with E-state index in [1.807, 2.05) is 0 Å². The predicted molar refractivity (Wildman–Crippen MR) is 106 cm³/mol. The van der Waals surface area contributed by atoms with E-state index in [9.17, 15) is 13.2 Å². The van der Waals surface area contributed by atoms with Crippen LogP contribution in [0.3, 0.4) is 0 Å². The Morgan fingerprint density at radius 3 is 2.27 bits per heavy atom. The smallest absolute Gasteiger partial charge is 0.252 e. The maximum Gasteiger partial charge on any atom is 0.252 e. The number of carbonyl (C=O) groups excluding carboxylic acids is 1. The number of nitrogens with one attached hydrogen (secondary N) is 1. The predicted octanol–water partition coefficient (Wildman–Crippen LogP) is 4.08. The molecule has 0 radical (unpaired) electrons. The van der Waals surface area contributed by atoms with Gasteiger partial charge < -0.3 is 5.32 Å². The summed E-state index contributed by atoms with van der Waals surface area (Å²) in [4.78, 5) is 13.0. The molecule has 2 aliphatic rings. The monoisotopic (exact) mass is 442 g/mol. The van der Waals surface area contributed by atoms with Crippen molar-refractivity contribution in [3.8, 4) is 0 Å². The van der Waals surface area contributed by atoms with Crippen molar-refractivity contribution in [2.45, 2.75) is 68.7 Å². The highest BCUT2D eigenvalue weighted by Crippen LogP contribution is 2.26. The van der Waals surface area contributed by atoms with Crippen LogP contribution in [0.5, 0.6) is 0 Å². The standard InChI is InChI=1S/C19H27BrN2O3S/c20-18-11-10-16(26(24,25)22-12-6-7-13-22)14-17(18)19(23)21-15-8-4-2-1-3-5-9-15/h10-11,14-15H,1-9,12-13H2,(H,21,23). The summed E-state index contributed by atoms with van der Waals surface area (Å²) in [6, 6.07) is 4.92. The molecule has 1 aromatic rings. The van der Waals surface area contributed by atoms with E-state index in [0.717, 1.165) is 38.5 Å². The summed E-state index contributed by atoms with van der Waals surface area (Å²) in [5, 5.41) is 3.11. The molecule has 1 aliphatic heterocycles. The van der Waals surface area contributed by atoms with Crippen molar-refractivity contribution in [3.05, 3.63) is 28.2 Å². The Morgan fingerprint density at radius 2 is 1.62 bits per heavy atom. The summed E-state index contributed by atoms with van der Waals surface area (Å²) in [6.45, 7) is 1.12. The largest absolute Gasteiger partial charge is 0.349 e. The number of hydrogen-bond donors (Lipinski definition) is 1. The van der Waals surface area contributed by atoms with Crippen LogP contribution in [0, 0.1) is 0 Å². The minimum absolute atomic E-state index is 0.175. The molecule has 1 N–H and O–H groups in total. The highest BCUT2D eigenvalue weighted by molar-refractivity contribution is 9.10. The molecular formula is C19H27BrN2O3S. The lowest BCUT2D eigenvalue weighted by Gasteiger charge is -2.22. The van der Waals surface area contributed by atoms with Crippen LogP contribution in [-0.2, 0) is 10.0 Å². The van der Waals surface area contributed by atoms with Crippen LogP contribution < -0.4 is 5.32 Å². The molecule has 1 saturated heterocycles. The van der Waals surface area contributed by atoms with Crippen molar-refractivity contribution in [3.63, 3.8) is 0 Å². The van der Waals surface area contributed by atoms with E-state index in [4.69, 9.17) is 0 Å². The van der Waals surface area contributed by atoms with Crippen LogP contribution in [0.15, 0.2) is 27.6 Å². The Hall–Kier alpha value is -0.920. The van der Waals surface area contributed by atoms with Gasteiger partial charge in [-0.05, 0) is 59.8 Å². The van der Waals surface area contributed by atoms with Gasteiger partial charge in [0.25, 0.3) is 5.91 Å². The van der Waals surface area contributed by atoms with Gasteiger partial charge in [0.05, 0.1) is 10.5 Å². The first-order chi connectivity index (χ1) is 12.5. The molecule has 0 bridgehead atoms. The van der Waals surface area contributed by atoms with E-state index >= 15 is 0 Å². The maximum atomic E-state index is 12.8. The van der Waals surface area contributed by atoms with Crippen molar-refractivity contribution in [1.29, 1.82) is 0 Å². The molecule has 0 spiro atoms. The summed E-state index contributed by atoms with van der Waals surface area (Å²) in [5.41, 5.74) is 0.396. The number of hydrogen-bond acceptors (Lipinski definition) is 3. The molecular weight excluding hydrogens is 416 g/mol. The summed E-state index contributed by atoms with van der Waals surface area (Å²) >= 11 is 3.40. The normalized spacial score (nSPS) is 20.5. The lowest BCUT2D eigenvalue weighted by Crippen LogP contribution is -2.35. The van der Waals surface area contributed by atoms with Gasteiger partial charge in [-0.1, -0.05) is 32.1 Å². The number of benzene rings is 1. The van der Waals surface area contributed by atoms with E-state index in [0.29, 0.717) is 23.1 Å². The highest BCUT2D eigenvalue weighted by atomic mass is 79.9. The lowest BCUT2D eigenvalue weighted by atomic mass is 9.96. The first kappa shape index (κ1) is 19.8. The number of carbonyl (C=O) groups is 1. The number of rotatable bonds is 4. The Balaban J connectivity index is 1.77. The molecule has 0 aromatic heterocycles. The van der Waals surface area contributed by atoms with Crippen molar-refractivity contribution in [2.75, 3.05) is 13.1 Å². The number of halogens is 1. The van der Waals surface area contributed by atoms with Crippen molar-refractivity contribution < 1.29 is 13.2 Å². The minimum Gasteiger partial charge on any atom is -0.349 e. The van der Waals surface area contributed by atoms with Crippen LogP contribution in [0.4, 0.5) is 0 Å². The lowest BCUT2D eigenvalue weighted by molar-refractivity contribution is 0.0929. The summed E-state index contributed by atoms with van der Waals surface area (Å²) in [6.07, 6.45) is 9.77. The highest BCUT2D eigenvalue weighted by Gasteiger charge is 2.28. The molecule has 144 valence electrons. The van der Waals surface area contributed by atoms with Crippen LogP contribution >= 0.6 is 15.9 Å². The second-order valence-corrected chi connectivity index (χ2v) is 10.1. The van der Waals surface area contributed by atoms with Gasteiger partial charge in [0.1, 0.15) is 0 Å². The van der Waals surface area contributed by atoms with Crippen LogP contribution in [0.25, 0.3) is 0 Å². The van der Waals surface area contributed by atoms with Crippen LogP contribution in [0.2, 0.25) is 0 Å². The molecule has 0 atom stereocenters. The van der Waals surface area contributed by atoms with Gasteiger partial charge in [-0.25, -0.2) is 8.42 Å². The van der Waals surface area contributed by atoms with E-state index in [-0.39, 0.29) is 16.8 Å². The molecule has 5 nitrogen and oxygen atoms in total. The van der Waals surface area contributed by atoms with Crippen LogP contribution in [0.1, 0.15) is 68.1 Å². The van der Waals surface area contributed by atoms with Gasteiger partial charge in [0.15, 0.2) is 0 Å². The first-order valence-electron chi connectivity index (χ1n) is 9.59. The van der Waals surface area contributed by atoms with Gasteiger partial charge in [-0.2, -0.15) is 4.31 Å². The fraction of sp³-hybridized carbons (Fsp3) is 0.632. The molecule has 26 heavy (non-hydrogen) atoms. The number of nitrogens with zero attached hydrogens (tertiary/aromatic N) is 1. The minimum atomic E-state index is -3.52. The summed E-state index contributed by atoms with van der Waals surface area (Å²) < 4.78 is 27.7. The third-order valence-electron chi connectivity index (χ3n) is 5.33. The molecule has 2 fully saturated rings. The Labute approximate surface area is 164 Å². The zero-order valence-electron chi connectivity index (χ0n) is 15.0. The van der Waals surface area contributed by atoms with Gasteiger partial charge >= 0.3 is 0 Å². The molecule has 3 rings (SSSR count). The van der Waals surface area contributed by atoms with Gasteiger partial charge in [-0.3, -0.25) is 4.79 Å². The topological polar surface area (TPSA) is 66.5 Å². The summed E-state index contributed by atoms with van der Waals surface area (Å²) in [5.74, 6) is -0.194. The number of amides is 1. The molecule has 7 heteroatoms. The molecule has 1 aromatic carbocycles. The van der Waals surface area contributed by atoms with Gasteiger partial charge in [0, 0.05) is 23.6 Å². The Morgan fingerprint density at radius 1 is 1.00 bits per heavy atom. The molecule has 1 aliphatic carbocycles. The van der Waals surface area contributed by atoms with E-state index in [1.165, 1.54) is 29.6 Å². The zero-order valence-corrected chi connectivity index (χ0v) is 17.4. The first-order valence-corrected chi connectivity index (χ1v) is 11.8. The molecule has 0 unspecified atom stereocenters. The fourth-order valence-electron chi connectivity index (χ4n) is 3.78. The quantitative estimate of drug-likeness (QED) is 0.763. The van der Waals surface area contributed by atoms with E-state index in [1.54, 1.807) is 12.1 Å². The van der Waals surface area contributed by atoms with Crippen molar-refractivity contribution >= 4 is 31.9 Å². The molecule has 1 amide bonds. The van der Waals surface area contributed by atoms with Crippen LogP contribution in [-0.4, -0.2) is 37.8 Å². The Kier molecular flexibility index (Phi) is 6.75. The molecule has 1 heterocycles.